The monoisotopic (exact) mass is 539 g/mol. The lowest BCUT2D eigenvalue weighted by Gasteiger charge is -2.59. The van der Waals surface area contributed by atoms with Crippen LogP contribution < -0.4 is 5.73 Å². The zero-order valence-electron chi connectivity index (χ0n) is 22.1. The number of nitrogens with zero attached hydrogens (tertiary/aromatic N) is 2. The molecule has 2 aromatic rings. The third-order valence-corrected chi connectivity index (χ3v) is 8.62. The lowest BCUT2D eigenvalue weighted by atomic mass is 9.61. The number of primary amides is 1. The summed E-state index contributed by atoms with van der Waals surface area (Å²) in [6, 6.07) is 15.5. The van der Waals surface area contributed by atoms with E-state index in [9.17, 15) is 14.4 Å². The fourth-order valence-electron chi connectivity index (χ4n) is 6.80. The second kappa shape index (κ2) is 12.2. The van der Waals surface area contributed by atoms with Crippen LogP contribution in [0.3, 0.4) is 0 Å². The normalized spacial score (nSPS) is 28.8. The Morgan fingerprint density at radius 3 is 2.21 bits per heavy atom. The van der Waals surface area contributed by atoms with Crippen molar-refractivity contribution in [1.29, 1.82) is 0 Å². The zero-order chi connectivity index (χ0) is 28.2. The van der Waals surface area contributed by atoms with E-state index in [-0.39, 0.29) is 0 Å². The first-order valence-electron chi connectivity index (χ1n) is 13.4. The third kappa shape index (κ3) is 5.83. The van der Waals surface area contributed by atoms with Crippen LogP contribution in [-0.4, -0.2) is 75.4 Å². The molecule has 10 heteroatoms. The Labute approximate surface area is 227 Å². The molecule has 1 unspecified atom stereocenters. The molecule has 1 aliphatic heterocycles. The fraction of sp³-hybridized carbons (Fsp3) is 0.517. The number of carbonyl (C=O) groups is 3. The molecule has 1 amide bonds. The van der Waals surface area contributed by atoms with Crippen molar-refractivity contribution >= 4 is 17.8 Å². The largest absolute Gasteiger partial charge is 0.481 e. The minimum absolute atomic E-state index is 0.342. The van der Waals surface area contributed by atoms with Crippen molar-refractivity contribution in [2.24, 2.45) is 17.6 Å². The van der Waals surface area contributed by atoms with Crippen molar-refractivity contribution in [2.45, 2.75) is 62.2 Å². The molecule has 210 valence electrons. The first-order chi connectivity index (χ1) is 18.7. The number of amides is 1. The minimum atomic E-state index is -1.79. The van der Waals surface area contributed by atoms with Crippen molar-refractivity contribution < 1.29 is 34.4 Å². The number of piperidine rings is 1. The van der Waals surface area contributed by atoms with Gasteiger partial charge in [0.25, 0.3) is 5.91 Å². The summed E-state index contributed by atoms with van der Waals surface area (Å²) in [7, 11) is 1.80. The third-order valence-electron chi connectivity index (χ3n) is 8.62. The number of nitrogens with two attached hydrogens (primary N) is 1. The molecule has 5 N–H and O–H groups in total. The Hall–Kier alpha value is -3.34. The van der Waals surface area contributed by atoms with Crippen LogP contribution in [0.2, 0.25) is 0 Å². The number of carbonyl (C=O) groups excluding carboxylic acids is 1. The molecule has 2 heterocycles. The van der Waals surface area contributed by atoms with Gasteiger partial charge in [-0.3, -0.25) is 19.5 Å². The Morgan fingerprint density at radius 1 is 1.05 bits per heavy atom. The lowest BCUT2D eigenvalue weighted by Crippen LogP contribution is -2.63. The van der Waals surface area contributed by atoms with Crippen molar-refractivity contribution in [1.82, 2.24) is 9.88 Å². The van der Waals surface area contributed by atoms with E-state index >= 15 is 0 Å². The van der Waals surface area contributed by atoms with Crippen LogP contribution in [-0.2, 0) is 19.9 Å². The Balaban J connectivity index is 0.000000340. The minimum Gasteiger partial charge on any atom is -0.481 e. The van der Waals surface area contributed by atoms with E-state index in [0.717, 1.165) is 31.5 Å². The van der Waals surface area contributed by atoms with Gasteiger partial charge in [-0.15, -0.1) is 0 Å². The fourth-order valence-corrected chi connectivity index (χ4v) is 6.80. The number of carboxylic acid groups (broad SMARTS) is 2. The van der Waals surface area contributed by atoms with Gasteiger partial charge < -0.3 is 25.8 Å². The van der Waals surface area contributed by atoms with Crippen LogP contribution in [0.4, 0.5) is 0 Å². The summed E-state index contributed by atoms with van der Waals surface area (Å²) >= 11 is 0. The molecule has 2 aliphatic carbocycles. The number of aliphatic hydroxyl groups is 1. The molecule has 3 fully saturated rings. The van der Waals surface area contributed by atoms with Gasteiger partial charge >= 0.3 is 11.9 Å². The molecular weight excluding hydrogens is 502 g/mol. The molecule has 0 spiro atoms. The van der Waals surface area contributed by atoms with Crippen molar-refractivity contribution in [2.75, 3.05) is 20.2 Å². The molecule has 1 aromatic carbocycles. The summed E-state index contributed by atoms with van der Waals surface area (Å²) in [5, 5.41) is 24.1. The number of rotatable bonds is 8. The molecular formula is C29H37N3O7. The molecule has 39 heavy (non-hydrogen) atoms. The van der Waals surface area contributed by atoms with Crippen LogP contribution in [0.1, 0.15) is 66.1 Å². The molecule has 1 saturated heterocycles. The number of carboxylic acids is 2. The van der Waals surface area contributed by atoms with Crippen molar-refractivity contribution in [3.8, 4) is 0 Å². The number of ether oxygens (including phenoxy) is 1. The summed E-state index contributed by atoms with van der Waals surface area (Å²) in [5.41, 5.74) is 7.96. The van der Waals surface area contributed by atoms with Gasteiger partial charge in [0, 0.05) is 49.8 Å². The van der Waals surface area contributed by atoms with Gasteiger partial charge in [-0.05, 0) is 43.2 Å². The lowest BCUT2D eigenvalue weighted by molar-refractivity contribution is -0.179. The average molecular weight is 540 g/mol. The summed E-state index contributed by atoms with van der Waals surface area (Å²) in [5.74, 6) is -2.00. The maximum Gasteiger partial charge on any atom is 0.333 e. The summed E-state index contributed by atoms with van der Waals surface area (Å²) < 4.78 is 6.34. The number of fused-ring (bicyclic) bond motifs is 2. The van der Waals surface area contributed by atoms with Crippen LogP contribution in [0.25, 0.3) is 0 Å². The van der Waals surface area contributed by atoms with Crippen LogP contribution in [0.5, 0.6) is 0 Å². The first-order valence-corrected chi connectivity index (χ1v) is 13.4. The van der Waals surface area contributed by atoms with E-state index < -0.39 is 36.0 Å². The van der Waals surface area contributed by atoms with E-state index in [1.165, 1.54) is 24.8 Å². The summed E-state index contributed by atoms with van der Waals surface area (Å²) in [4.78, 5) is 38.6. The number of benzene rings is 1. The second-order valence-electron chi connectivity index (χ2n) is 10.7. The molecule has 6 atom stereocenters. The van der Waals surface area contributed by atoms with E-state index in [0.29, 0.717) is 29.5 Å². The Bertz CT molecular complexity index is 1160. The highest BCUT2D eigenvalue weighted by molar-refractivity contribution is 5.92. The zero-order valence-corrected chi connectivity index (χ0v) is 22.1. The van der Waals surface area contributed by atoms with Crippen molar-refractivity contribution in [3.05, 3.63) is 65.5 Å². The molecule has 0 radical (unpaired) electrons. The SMILES string of the molecule is COC1(c2cccnc2C(N)=O)[C@@H]2CCC[C@H]1CN([C@H]1CC[C@H]1c1ccccc1)C2.O=C(O)C[C@H](O)C(=O)O. The number of aliphatic hydroxyl groups excluding tert-OH is 1. The quantitative estimate of drug-likeness (QED) is 0.395. The summed E-state index contributed by atoms with van der Waals surface area (Å²) in [6.07, 6.45) is 5.07. The van der Waals surface area contributed by atoms with Gasteiger partial charge in [-0.25, -0.2) is 4.79 Å². The van der Waals surface area contributed by atoms with Gasteiger partial charge in [0.2, 0.25) is 0 Å². The highest BCUT2D eigenvalue weighted by atomic mass is 16.5. The molecule has 3 aliphatic rings. The first kappa shape index (κ1) is 28.7. The average Bonchev–Trinajstić information content (AvgIpc) is 2.88. The van der Waals surface area contributed by atoms with E-state index in [2.05, 4.69) is 40.2 Å². The van der Waals surface area contributed by atoms with E-state index in [1.807, 2.05) is 12.1 Å². The van der Waals surface area contributed by atoms with Crippen molar-refractivity contribution in [3.63, 3.8) is 0 Å². The topological polar surface area (TPSA) is 163 Å². The number of hydrogen-bond acceptors (Lipinski definition) is 7. The Morgan fingerprint density at radius 2 is 1.72 bits per heavy atom. The van der Waals surface area contributed by atoms with Gasteiger partial charge in [-0.2, -0.15) is 0 Å². The maximum absolute atomic E-state index is 12.2. The van der Waals surface area contributed by atoms with E-state index in [1.54, 1.807) is 13.3 Å². The highest BCUT2D eigenvalue weighted by Gasteiger charge is 2.56. The van der Waals surface area contributed by atoms with Crippen LogP contribution in [0.15, 0.2) is 48.7 Å². The molecule has 5 rings (SSSR count). The highest BCUT2D eigenvalue weighted by Crippen LogP contribution is 2.54. The molecule has 1 aromatic heterocycles. The molecule has 10 nitrogen and oxygen atoms in total. The smallest absolute Gasteiger partial charge is 0.333 e. The number of aliphatic carboxylic acids is 2. The Kier molecular flexibility index (Phi) is 8.99. The number of methoxy groups -OCH3 is 1. The summed E-state index contributed by atoms with van der Waals surface area (Å²) in [6.45, 7) is 2.01. The van der Waals surface area contributed by atoms with Gasteiger partial charge in [0.1, 0.15) is 11.3 Å². The number of aromatic nitrogens is 1. The van der Waals surface area contributed by atoms with E-state index in [4.69, 9.17) is 25.8 Å². The molecule has 2 saturated carbocycles. The number of likely N-dealkylation sites (tertiary alicyclic amines) is 1. The van der Waals surface area contributed by atoms with Crippen LogP contribution in [0, 0.1) is 11.8 Å². The van der Waals surface area contributed by atoms with Crippen LogP contribution >= 0.6 is 0 Å². The van der Waals surface area contributed by atoms with Gasteiger partial charge in [-0.1, -0.05) is 42.8 Å². The number of pyridine rings is 1. The number of hydrogen-bond donors (Lipinski definition) is 4. The van der Waals surface area contributed by atoms with Gasteiger partial charge in [0.15, 0.2) is 6.10 Å². The second-order valence-corrected chi connectivity index (χ2v) is 10.7. The predicted octanol–water partition coefficient (Wildman–Crippen LogP) is 2.61. The molecule has 2 bridgehead atoms. The predicted molar refractivity (Wildman–Crippen MR) is 142 cm³/mol. The van der Waals surface area contributed by atoms with Gasteiger partial charge in [0.05, 0.1) is 6.42 Å². The standard InChI is InChI=1S/C25H31N3O2.C4H6O5/c1-30-25(21-11-6-14-27-23(21)24(26)29)18-9-5-10-19(25)16-28(15-18)22-13-12-20(22)17-7-3-2-4-8-17;5-2(4(8)9)1-3(6)7/h2-4,6-8,11,14,18-20,22H,5,9-10,12-13,15-16H2,1H3,(H2,26,29);2,5H,1H2,(H,6,7)(H,8,9)/t18-,19+,20-,22-,25?;2-/m00/s1. The maximum atomic E-state index is 12.2.